The van der Waals surface area contributed by atoms with E-state index in [1.807, 2.05) is 25.1 Å². The SMILES string of the molecule is COc1ccc(CCNC(=O)N[C@@H](C)[C@H]2CCCO2)cc1OC. The molecule has 2 rings (SSSR count). The van der Waals surface area contributed by atoms with Crippen molar-refractivity contribution in [1.82, 2.24) is 10.6 Å². The highest BCUT2D eigenvalue weighted by atomic mass is 16.5. The van der Waals surface area contributed by atoms with Crippen LogP contribution in [0.4, 0.5) is 4.79 Å². The van der Waals surface area contributed by atoms with E-state index >= 15 is 0 Å². The first-order valence-electron chi connectivity index (χ1n) is 8.01. The van der Waals surface area contributed by atoms with Crippen molar-refractivity contribution in [2.45, 2.75) is 38.3 Å². The summed E-state index contributed by atoms with van der Waals surface area (Å²) in [6.07, 6.45) is 2.93. The average Bonchev–Trinajstić information content (AvgIpc) is 3.09. The molecule has 6 heteroatoms. The highest BCUT2D eigenvalue weighted by molar-refractivity contribution is 5.74. The fraction of sp³-hybridized carbons (Fsp3) is 0.588. The van der Waals surface area contributed by atoms with Crippen LogP contribution in [0, 0.1) is 0 Å². The summed E-state index contributed by atoms with van der Waals surface area (Å²) in [4.78, 5) is 11.9. The van der Waals surface area contributed by atoms with Gasteiger partial charge >= 0.3 is 6.03 Å². The normalized spacial score (nSPS) is 18.3. The van der Waals surface area contributed by atoms with Crippen LogP contribution in [0.25, 0.3) is 0 Å². The standard InChI is InChI=1S/C17H26N2O4/c1-12(14-5-4-10-23-14)19-17(20)18-9-8-13-6-7-15(21-2)16(11-13)22-3/h6-7,11-12,14H,4-5,8-10H2,1-3H3,(H2,18,19,20)/t12-,14+/m0/s1. The Labute approximate surface area is 137 Å². The zero-order valence-electron chi connectivity index (χ0n) is 14.1. The number of hydrogen-bond acceptors (Lipinski definition) is 4. The van der Waals surface area contributed by atoms with Crippen LogP contribution < -0.4 is 20.1 Å². The van der Waals surface area contributed by atoms with Gasteiger partial charge in [0.25, 0.3) is 0 Å². The summed E-state index contributed by atoms with van der Waals surface area (Å²) in [5.74, 6) is 1.40. The molecule has 2 N–H and O–H groups in total. The van der Waals surface area contributed by atoms with Gasteiger partial charge in [0.05, 0.1) is 26.4 Å². The predicted octanol–water partition coefficient (Wildman–Crippen LogP) is 2.11. The second kappa shape index (κ2) is 8.62. The van der Waals surface area contributed by atoms with E-state index in [0.29, 0.717) is 18.0 Å². The number of carbonyl (C=O) groups excluding carboxylic acids is 1. The molecule has 128 valence electrons. The maximum absolute atomic E-state index is 11.9. The fourth-order valence-electron chi connectivity index (χ4n) is 2.70. The van der Waals surface area contributed by atoms with E-state index in [1.165, 1.54) is 0 Å². The predicted molar refractivity (Wildman–Crippen MR) is 88.2 cm³/mol. The van der Waals surface area contributed by atoms with Crippen LogP contribution in [0.15, 0.2) is 18.2 Å². The van der Waals surface area contributed by atoms with E-state index in [-0.39, 0.29) is 18.2 Å². The van der Waals surface area contributed by atoms with Crippen molar-refractivity contribution < 1.29 is 19.0 Å². The lowest BCUT2D eigenvalue weighted by Gasteiger charge is -2.20. The van der Waals surface area contributed by atoms with Gasteiger partial charge in [0, 0.05) is 13.2 Å². The Balaban J connectivity index is 1.74. The summed E-state index contributed by atoms with van der Waals surface area (Å²) in [7, 11) is 3.22. The minimum absolute atomic E-state index is 0.0265. The molecule has 2 amide bonds. The second-order valence-electron chi connectivity index (χ2n) is 5.68. The maximum Gasteiger partial charge on any atom is 0.315 e. The van der Waals surface area contributed by atoms with Gasteiger partial charge in [-0.15, -0.1) is 0 Å². The molecule has 0 aliphatic carbocycles. The lowest BCUT2D eigenvalue weighted by molar-refractivity contribution is 0.0860. The van der Waals surface area contributed by atoms with Gasteiger partial charge < -0.3 is 24.8 Å². The van der Waals surface area contributed by atoms with E-state index in [0.717, 1.165) is 31.4 Å². The molecule has 6 nitrogen and oxygen atoms in total. The molecule has 0 aromatic heterocycles. The van der Waals surface area contributed by atoms with Gasteiger partial charge in [0.15, 0.2) is 11.5 Å². The molecule has 0 saturated carbocycles. The second-order valence-corrected chi connectivity index (χ2v) is 5.68. The van der Waals surface area contributed by atoms with E-state index in [1.54, 1.807) is 14.2 Å². The van der Waals surface area contributed by atoms with Crippen molar-refractivity contribution in [2.75, 3.05) is 27.4 Å². The number of amides is 2. The molecule has 0 unspecified atom stereocenters. The topological polar surface area (TPSA) is 68.8 Å². The average molecular weight is 322 g/mol. The Morgan fingerprint density at radius 1 is 1.35 bits per heavy atom. The summed E-state index contributed by atoms with van der Waals surface area (Å²) >= 11 is 0. The molecule has 1 aliphatic heterocycles. The van der Waals surface area contributed by atoms with Crippen molar-refractivity contribution in [3.63, 3.8) is 0 Å². The van der Waals surface area contributed by atoms with E-state index in [9.17, 15) is 4.79 Å². The molecular formula is C17H26N2O4. The van der Waals surface area contributed by atoms with Crippen LogP contribution in [0.5, 0.6) is 11.5 Å². The van der Waals surface area contributed by atoms with Gasteiger partial charge in [0.2, 0.25) is 0 Å². The monoisotopic (exact) mass is 322 g/mol. The van der Waals surface area contributed by atoms with Crippen LogP contribution in [0.3, 0.4) is 0 Å². The quantitative estimate of drug-likeness (QED) is 0.807. The van der Waals surface area contributed by atoms with Crippen LogP contribution in [0.1, 0.15) is 25.3 Å². The molecule has 1 fully saturated rings. The Kier molecular flexibility index (Phi) is 6.52. The van der Waals surface area contributed by atoms with Gasteiger partial charge in [0.1, 0.15) is 0 Å². The van der Waals surface area contributed by atoms with Gasteiger partial charge in [-0.3, -0.25) is 0 Å². The minimum atomic E-state index is -0.159. The van der Waals surface area contributed by atoms with Gasteiger partial charge in [-0.25, -0.2) is 4.79 Å². The third-order valence-electron chi connectivity index (χ3n) is 4.03. The Morgan fingerprint density at radius 2 is 2.13 bits per heavy atom. The third-order valence-corrected chi connectivity index (χ3v) is 4.03. The Hall–Kier alpha value is -1.95. The van der Waals surface area contributed by atoms with Gasteiger partial charge in [-0.05, 0) is 43.9 Å². The molecule has 0 radical (unpaired) electrons. The fourth-order valence-corrected chi connectivity index (χ4v) is 2.70. The number of ether oxygens (including phenoxy) is 3. The minimum Gasteiger partial charge on any atom is -0.493 e. The summed E-state index contributed by atoms with van der Waals surface area (Å²) in [5.41, 5.74) is 1.08. The number of methoxy groups -OCH3 is 2. The number of urea groups is 1. The number of benzene rings is 1. The van der Waals surface area contributed by atoms with Crippen molar-refractivity contribution in [3.8, 4) is 11.5 Å². The molecule has 0 bridgehead atoms. The lowest BCUT2D eigenvalue weighted by atomic mass is 10.1. The molecule has 23 heavy (non-hydrogen) atoms. The largest absolute Gasteiger partial charge is 0.493 e. The first-order valence-corrected chi connectivity index (χ1v) is 8.01. The van der Waals surface area contributed by atoms with Gasteiger partial charge in [-0.2, -0.15) is 0 Å². The first kappa shape index (κ1) is 17.4. The molecule has 1 aromatic carbocycles. The van der Waals surface area contributed by atoms with E-state index in [2.05, 4.69) is 10.6 Å². The number of nitrogens with one attached hydrogen (secondary N) is 2. The number of hydrogen-bond donors (Lipinski definition) is 2. The van der Waals surface area contributed by atoms with E-state index < -0.39 is 0 Å². The number of carbonyl (C=O) groups is 1. The van der Waals surface area contributed by atoms with Crippen LogP contribution >= 0.6 is 0 Å². The smallest absolute Gasteiger partial charge is 0.315 e. The molecule has 1 heterocycles. The molecule has 1 aliphatic rings. The molecule has 1 aromatic rings. The van der Waals surface area contributed by atoms with Crippen molar-refractivity contribution in [2.24, 2.45) is 0 Å². The molecule has 2 atom stereocenters. The summed E-state index contributed by atoms with van der Waals surface area (Å²) in [6, 6.07) is 5.63. The van der Waals surface area contributed by atoms with Crippen molar-refractivity contribution in [1.29, 1.82) is 0 Å². The molecule has 0 spiro atoms. The van der Waals surface area contributed by atoms with E-state index in [4.69, 9.17) is 14.2 Å². The van der Waals surface area contributed by atoms with Gasteiger partial charge in [-0.1, -0.05) is 6.07 Å². The molecular weight excluding hydrogens is 296 g/mol. The third kappa shape index (κ3) is 5.03. The number of rotatable bonds is 7. The van der Waals surface area contributed by atoms with Crippen LogP contribution in [-0.4, -0.2) is 45.5 Å². The lowest BCUT2D eigenvalue weighted by Crippen LogP contribution is -2.46. The summed E-state index contributed by atoms with van der Waals surface area (Å²) in [5, 5.41) is 5.80. The van der Waals surface area contributed by atoms with Crippen LogP contribution in [0.2, 0.25) is 0 Å². The van der Waals surface area contributed by atoms with Crippen LogP contribution in [-0.2, 0) is 11.2 Å². The highest BCUT2D eigenvalue weighted by Crippen LogP contribution is 2.27. The zero-order valence-corrected chi connectivity index (χ0v) is 14.1. The Bertz CT molecular complexity index is 515. The highest BCUT2D eigenvalue weighted by Gasteiger charge is 2.23. The Morgan fingerprint density at radius 3 is 2.78 bits per heavy atom. The maximum atomic E-state index is 11.9. The zero-order chi connectivity index (χ0) is 16.7. The van der Waals surface area contributed by atoms with Crippen molar-refractivity contribution >= 4 is 6.03 Å². The summed E-state index contributed by atoms with van der Waals surface area (Å²) in [6.45, 7) is 3.32. The van der Waals surface area contributed by atoms with Crippen molar-refractivity contribution in [3.05, 3.63) is 23.8 Å². The first-order chi connectivity index (χ1) is 11.1. The summed E-state index contributed by atoms with van der Waals surface area (Å²) < 4.78 is 16.1. The molecule has 1 saturated heterocycles.